The fourth-order valence-electron chi connectivity index (χ4n) is 2.56. The molecule has 5 heteroatoms. The molecule has 0 saturated heterocycles. The van der Waals surface area contributed by atoms with Crippen LogP contribution in [0.25, 0.3) is 0 Å². The van der Waals surface area contributed by atoms with E-state index in [0.717, 1.165) is 0 Å². The SMILES string of the molecule is COc1cc(C#N)ccc1NC(=O)C1(C#N)CC(C)C1. The fourth-order valence-corrected chi connectivity index (χ4v) is 2.56. The molecule has 0 bridgehead atoms. The Morgan fingerprint density at radius 1 is 1.45 bits per heavy atom. The van der Waals surface area contributed by atoms with Crippen LogP contribution in [0.5, 0.6) is 5.75 Å². The Morgan fingerprint density at radius 3 is 2.65 bits per heavy atom. The number of hydrogen-bond acceptors (Lipinski definition) is 4. The molecule has 1 amide bonds. The Morgan fingerprint density at radius 2 is 2.15 bits per heavy atom. The highest BCUT2D eigenvalue weighted by atomic mass is 16.5. The molecule has 0 spiro atoms. The zero-order valence-electron chi connectivity index (χ0n) is 11.4. The molecule has 1 N–H and O–H groups in total. The number of rotatable bonds is 3. The number of amides is 1. The molecule has 0 heterocycles. The molecule has 0 unspecified atom stereocenters. The van der Waals surface area contributed by atoms with Crippen molar-refractivity contribution in [2.24, 2.45) is 11.3 Å². The van der Waals surface area contributed by atoms with Crippen molar-refractivity contribution >= 4 is 11.6 Å². The zero-order valence-corrected chi connectivity index (χ0v) is 11.4. The first-order valence-corrected chi connectivity index (χ1v) is 6.35. The van der Waals surface area contributed by atoms with E-state index >= 15 is 0 Å². The molecule has 5 nitrogen and oxygen atoms in total. The molecule has 0 atom stereocenters. The summed E-state index contributed by atoms with van der Waals surface area (Å²) in [6, 6.07) is 8.89. The molecule has 2 rings (SSSR count). The molecule has 1 fully saturated rings. The minimum Gasteiger partial charge on any atom is -0.495 e. The number of anilines is 1. The lowest BCUT2D eigenvalue weighted by molar-refractivity contribution is -0.128. The summed E-state index contributed by atoms with van der Waals surface area (Å²) < 4.78 is 5.16. The van der Waals surface area contributed by atoms with Gasteiger partial charge in [0.25, 0.3) is 0 Å². The third-order valence-electron chi connectivity index (χ3n) is 3.62. The Labute approximate surface area is 117 Å². The van der Waals surface area contributed by atoms with Gasteiger partial charge in [-0.3, -0.25) is 4.79 Å². The zero-order chi connectivity index (χ0) is 14.8. The van der Waals surface area contributed by atoms with E-state index in [4.69, 9.17) is 10.00 Å². The number of carbonyl (C=O) groups excluding carboxylic acids is 1. The highest BCUT2D eigenvalue weighted by molar-refractivity contribution is 5.99. The predicted molar refractivity (Wildman–Crippen MR) is 72.8 cm³/mol. The van der Waals surface area contributed by atoms with Crippen molar-refractivity contribution < 1.29 is 9.53 Å². The minimum absolute atomic E-state index is 0.305. The third kappa shape index (κ3) is 2.31. The van der Waals surface area contributed by atoms with Crippen molar-refractivity contribution in [3.8, 4) is 17.9 Å². The van der Waals surface area contributed by atoms with Gasteiger partial charge in [0, 0.05) is 6.07 Å². The number of methoxy groups -OCH3 is 1. The summed E-state index contributed by atoms with van der Waals surface area (Å²) in [6.45, 7) is 2.02. The minimum atomic E-state index is -0.932. The molecule has 20 heavy (non-hydrogen) atoms. The number of carbonyl (C=O) groups is 1. The van der Waals surface area contributed by atoms with E-state index in [9.17, 15) is 10.1 Å². The summed E-state index contributed by atoms with van der Waals surface area (Å²) in [5.74, 6) is 0.502. The van der Waals surface area contributed by atoms with E-state index in [-0.39, 0.29) is 5.91 Å². The Kier molecular flexibility index (Phi) is 3.63. The van der Waals surface area contributed by atoms with Gasteiger partial charge in [-0.25, -0.2) is 0 Å². The first-order valence-electron chi connectivity index (χ1n) is 6.35. The number of nitriles is 2. The van der Waals surface area contributed by atoms with Gasteiger partial charge in [0.05, 0.1) is 30.5 Å². The van der Waals surface area contributed by atoms with Crippen LogP contribution in [0.2, 0.25) is 0 Å². The van der Waals surface area contributed by atoms with Crippen LogP contribution in [-0.4, -0.2) is 13.0 Å². The van der Waals surface area contributed by atoms with Crippen LogP contribution >= 0.6 is 0 Å². The van der Waals surface area contributed by atoms with Crippen LogP contribution in [-0.2, 0) is 4.79 Å². The lowest BCUT2D eigenvalue weighted by atomic mass is 9.63. The van der Waals surface area contributed by atoms with Crippen LogP contribution in [0.15, 0.2) is 18.2 Å². The molecule has 1 saturated carbocycles. The molecule has 0 aromatic heterocycles. The summed E-state index contributed by atoms with van der Waals surface area (Å²) in [5, 5.41) is 20.8. The van der Waals surface area contributed by atoms with E-state index in [2.05, 4.69) is 11.4 Å². The summed E-state index contributed by atoms with van der Waals surface area (Å²) in [6.07, 6.45) is 1.15. The maximum absolute atomic E-state index is 12.3. The number of nitrogens with one attached hydrogen (secondary N) is 1. The highest BCUT2D eigenvalue weighted by Crippen LogP contribution is 2.46. The maximum atomic E-state index is 12.3. The van der Waals surface area contributed by atoms with Gasteiger partial charge in [-0.15, -0.1) is 0 Å². The Bertz CT molecular complexity index is 619. The van der Waals surface area contributed by atoms with Crippen molar-refractivity contribution in [3.05, 3.63) is 23.8 Å². The summed E-state index contributed by atoms with van der Waals surface area (Å²) in [4.78, 5) is 12.3. The van der Waals surface area contributed by atoms with Gasteiger partial charge < -0.3 is 10.1 Å². The predicted octanol–water partition coefficient (Wildman–Crippen LogP) is 2.45. The molecule has 0 aliphatic heterocycles. The summed E-state index contributed by atoms with van der Waals surface area (Å²) >= 11 is 0. The van der Waals surface area contributed by atoms with E-state index < -0.39 is 5.41 Å². The molecule has 0 radical (unpaired) electrons. The highest BCUT2D eigenvalue weighted by Gasteiger charge is 2.49. The number of benzene rings is 1. The second-order valence-corrected chi connectivity index (χ2v) is 5.19. The average Bonchev–Trinajstić information content (AvgIpc) is 2.43. The van der Waals surface area contributed by atoms with Crippen LogP contribution in [0.3, 0.4) is 0 Å². The van der Waals surface area contributed by atoms with Crippen molar-refractivity contribution in [2.45, 2.75) is 19.8 Å². The second-order valence-electron chi connectivity index (χ2n) is 5.19. The van der Waals surface area contributed by atoms with Crippen molar-refractivity contribution in [2.75, 3.05) is 12.4 Å². The summed E-state index contributed by atoms with van der Waals surface area (Å²) in [7, 11) is 1.47. The quantitative estimate of drug-likeness (QED) is 0.913. The standard InChI is InChI=1S/C15H15N3O2/c1-10-6-15(7-10,9-17)14(19)18-12-4-3-11(8-16)5-13(12)20-2/h3-5,10H,6-7H2,1-2H3,(H,18,19). The number of ether oxygens (including phenoxy) is 1. The number of nitrogens with zero attached hydrogens (tertiary/aromatic N) is 2. The Balaban J connectivity index is 2.21. The van der Waals surface area contributed by atoms with Crippen molar-refractivity contribution in [3.63, 3.8) is 0 Å². The largest absolute Gasteiger partial charge is 0.495 e. The van der Waals surface area contributed by atoms with Crippen LogP contribution in [0.1, 0.15) is 25.3 Å². The monoisotopic (exact) mass is 269 g/mol. The van der Waals surface area contributed by atoms with Gasteiger partial charge in [-0.1, -0.05) is 6.92 Å². The topological polar surface area (TPSA) is 85.9 Å². The molecule has 1 aromatic carbocycles. The van der Waals surface area contributed by atoms with Gasteiger partial charge in [0.2, 0.25) is 5.91 Å². The molecule has 1 aliphatic carbocycles. The van der Waals surface area contributed by atoms with Crippen molar-refractivity contribution in [1.82, 2.24) is 0 Å². The van der Waals surface area contributed by atoms with E-state index in [1.807, 2.05) is 13.0 Å². The van der Waals surface area contributed by atoms with Crippen LogP contribution < -0.4 is 10.1 Å². The first kappa shape index (κ1) is 13.9. The molecule has 102 valence electrons. The van der Waals surface area contributed by atoms with Gasteiger partial charge in [-0.05, 0) is 30.9 Å². The Hall–Kier alpha value is -2.53. The molecular weight excluding hydrogens is 254 g/mol. The molecule has 1 aliphatic rings. The lowest BCUT2D eigenvalue weighted by Crippen LogP contribution is -2.45. The van der Waals surface area contributed by atoms with Gasteiger partial charge in [-0.2, -0.15) is 10.5 Å². The number of hydrogen-bond donors (Lipinski definition) is 1. The van der Waals surface area contributed by atoms with Gasteiger partial charge in [0.1, 0.15) is 11.2 Å². The third-order valence-corrected chi connectivity index (χ3v) is 3.62. The average molecular weight is 269 g/mol. The maximum Gasteiger partial charge on any atom is 0.244 e. The lowest BCUT2D eigenvalue weighted by Gasteiger charge is -2.39. The van der Waals surface area contributed by atoms with Crippen molar-refractivity contribution in [1.29, 1.82) is 10.5 Å². The van der Waals surface area contributed by atoms with E-state index in [1.54, 1.807) is 18.2 Å². The van der Waals surface area contributed by atoms with Crippen LogP contribution in [0.4, 0.5) is 5.69 Å². The van der Waals surface area contributed by atoms with Gasteiger partial charge in [0.15, 0.2) is 0 Å². The second kappa shape index (κ2) is 5.22. The van der Waals surface area contributed by atoms with Gasteiger partial charge >= 0.3 is 0 Å². The molecular formula is C15H15N3O2. The fraction of sp³-hybridized carbons (Fsp3) is 0.400. The van der Waals surface area contributed by atoms with Crippen LogP contribution in [0, 0.1) is 34.0 Å². The first-order chi connectivity index (χ1) is 9.54. The normalized spacial score (nSPS) is 23.9. The molecule has 1 aromatic rings. The van der Waals surface area contributed by atoms with E-state index in [0.29, 0.717) is 35.8 Å². The van der Waals surface area contributed by atoms with E-state index in [1.165, 1.54) is 7.11 Å². The smallest absolute Gasteiger partial charge is 0.244 e. The summed E-state index contributed by atoms with van der Waals surface area (Å²) in [5.41, 5.74) is -0.00371.